The van der Waals surface area contributed by atoms with Crippen molar-refractivity contribution in [3.8, 4) is 5.75 Å². The lowest BCUT2D eigenvalue weighted by Gasteiger charge is -2.07. The highest BCUT2D eigenvalue weighted by atomic mass is 16.5. The first-order valence-corrected chi connectivity index (χ1v) is 6.07. The highest BCUT2D eigenvalue weighted by molar-refractivity contribution is 5.69. The summed E-state index contributed by atoms with van der Waals surface area (Å²) in [4.78, 5) is 10.7. The molecule has 3 heteroatoms. The van der Waals surface area contributed by atoms with Crippen LogP contribution < -0.4 is 4.74 Å². The molecule has 0 aromatic heterocycles. The molecule has 1 aliphatic heterocycles. The number of aryl methyl sites for hydroxylation is 1. The summed E-state index contributed by atoms with van der Waals surface area (Å²) in [7, 11) is 0. The van der Waals surface area contributed by atoms with Gasteiger partial charge in [0.25, 0.3) is 0 Å². The summed E-state index contributed by atoms with van der Waals surface area (Å²) >= 11 is 0. The van der Waals surface area contributed by atoms with Crippen LogP contribution in [0.15, 0.2) is 18.2 Å². The number of rotatable bonds is 4. The van der Waals surface area contributed by atoms with Crippen LogP contribution in [0.5, 0.6) is 5.75 Å². The molecule has 1 aliphatic rings. The second kappa shape index (κ2) is 4.78. The van der Waals surface area contributed by atoms with Gasteiger partial charge in [0, 0.05) is 6.42 Å². The molecule has 0 radical (unpaired) electrons. The van der Waals surface area contributed by atoms with Crippen LogP contribution in [0.3, 0.4) is 0 Å². The Hall–Kier alpha value is -1.51. The van der Waals surface area contributed by atoms with Crippen molar-refractivity contribution in [2.24, 2.45) is 5.92 Å². The van der Waals surface area contributed by atoms with Gasteiger partial charge in [-0.25, -0.2) is 0 Å². The van der Waals surface area contributed by atoms with Gasteiger partial charge in [0.05, 0.1) is 5.92 Å². The zero-order valence-corrected chi connectivity index (χ0v) is 10.3. The first kappa shape index (κ1) is 12.0. The van der Waals surface area contributed by atoms with E-state index in [1.165, 1.54) is 11.1 Å². The Morgan fingerprint density at radius 1 is 1.59 bits per heavy atom. The molecule has 92 valence electrons. The molecule has 0 spiro atoms. The fourth-order valence-corrected chi connectivity index (χ4v) is 2.14. The Kier molecular flexibility index (Phi) is 3.36. The van der Waals surface area contributed by atoms with Gasteiger partial charge in [-0.3, -0.25) is 4.79 Å². The average Bonchev–Trinajstić information content (AvgIpc) is 2.64. The van der Waals surface area contributed by atoms with E-state index in [4.69, 9.17) is 9.84 Å². The quantitative estimate of drug-likeness (QED) is 0.871. The Bertz CT molecular complexity index is 425. The zero-order valence-electron chi connectivity index (χ0n) is 10.3. The summed E-state index contributed by atoms with van der Waals surface area (Å²) in [5.74, 6) is -0.0194. The second-order valence-electron chi connectivity index (χ2n) is 4.85. The Morgan fingerprint density at radius 3 is 3.06 bits per heavy atom. The molecule has 1 aromatic carbocycles. The highest BCUT2D eigenvalue weighted by Crippen LogP contribution is 2.29. The van der Waals surface area contributed by atoms with Crippen molar-refractivity contribution in [1.29, 1.82) is 0 Å². The minimum atomic E-state index is -0.719. The van der Waals surface area contributed by atoms with Gasteiger partial charge >= 0.3 is 5.97 Å². The number of fused-ring (bicyclic) bond motifs is 1. The number of benzene rings is 1. The van der Waals surface area contributed by atoms with Gasteiger partial charge in [-0.15, -0.1) is 0 Å². The van der Waals surface area contributed by atoms with Gasteiger partial charge in [0.15, 0.2) is 0 Å². The maximum Gasteiger partial charge on any atom is 0.306 e. The highest BCUT2D eigenvalue weighted by Gasteiger charge is 2.19. The summed E-state index contributed by atoms with van der Waals surface area (Å²) in [5.41, 5.74) is 2.45. The topological polar surface area (TPSA) is 46.5 Å². The predicted molar refractivity (Wildman–Crippen MR) is 65.4 cm³/mol. The zero-order chi connectivity index (χ0) is 12.4. The molecule has 0 saturated carbocycles. The molecule has 0 saturated heterocycles. The molecule has 1 heterocycles. The van der Waals surface area contributed by atoms with E-state index >= 15 is 0 Å². The van der Waals surface area contributed by atoms with Crippen molar-refractivity contribution in [3.05, 3.63) is 29.3 Å². The van der Waals surface area contributed by atoms with Crippen LogP contribution in [0.1, 0.15) is 31.4 Å². The van der Waals surface area contributed by atoms with Crippen LogP contribution in [0.2, 0.25) is 0 Å². The van der Waals surface area contributed by atoms with E-state index in [1.54, 1.807) is 6.92 Å². The number of carboxylic acid groups (broad SMARTS) is 1. The summed E-state index contributed by atoms with van der Waals surface area (Å²) in [6.45, 7) is 3.81. The van der Waals surface area contributed by atoms with Crippen molar-refractivity contribution < 1.29 is 14.6 Å². The van der Waals surface area contributed by atoms with Crippen LogP contribution >= 0.6 is 0 Å². The molecule has 0 aliphatic carbocycles. The number of carboxylic acids is 1. The van der Waals surface area contributed by atoms with E-state index < -0.39 is 5.97 Å². The Balaban J connectivity index is 1.99. The lowest BCUT2D eigenvalue weighted by Crippen LogP contribution is -2.10. The monoisotopic (exact) mass is 234 g/mol. The number of hydrogen-bond donors (Lipinski definition) is 1. The first-order valence-electron chi connectivity index (χ1n) is 6.07. The van der Waals surface area contributed by atoms with Crippen LogP contribution in [0.4, 0.5) is 0 Å². The van der Waals surface area contributed by atoms with Crippen LogP contribution in [-0.2, 0) is 17.6 Å². The molecule has 2 atom stereocenters. The van der Waals surface area contributed by atoms with Crippen LogP contribution in [-0.4, -0.2) is 17.2 Å². The van der Waals surface area contributed by atoms with Gasteiger partial charge in [-0.1, -0.05) is 19.1 Å². The Morgan fingerprint density at radius 2 is 2.35 bits per heavy atom. The number of hydrogen-bond acceptors (Lipinski definition) is 2. The SMILES string of the molecule is CC1Cc2cc(CCC(C)C(=O)O)ccc2O1. The van der Waals surface area contributed by atoms with E-state index in [9.17, 15) is 4.79 Å². The summed E-state index contributed by atoms with van der Waals surface area (Å²) < 4.78 is 5.63. The minimum absolute atomic E-state index is 0.262. The van der Waals surface area contributed by atoms with Crippen molar-refractivity contribution in [2.45, 2.75) is 39.2 Å². The van der Waals surface area contributed by atoms with Gasteiger partial charge < -0.3 is 9.84 Å². The number of ether oxygens (including phenoxy) is 1. The average molecular weight is 234 g/mol. The molecule has 17 heavy (non-hydrogen) atoms. The second-order valence-corrected chi connectivity index (χ2v) is 4.85. The molecule has 0 fully saturated rings. The number of carbonyl (C=O) groups is 1. The van der Waals surface area contributed by atoms with Gasteiger partial charge in [0.1, 0.15) is 11.9 Å². The van der Waals surface area contributed by atoms with Gasteiger partial charge in [0.2, 0.25) is 0 Å². The van der Waals surface area contributed by atoms with E-state index in [2.05, 4.69) is 13.0 Å². The molecule has 3 nitrogen and oxygen atoms in total. The normalized spacial score (nSPS) is 19.5. The van der Waals surface area contributed by atoms with E-state index in [-0.39, 0.29) is 12.0 Å². The van der Waals surface area contributed by atoms with E-state index in [0.29, 0.717) is 6.42 Å². The van der Waals surface area contributed by atoms with E-state index in [1.807, 2.05) is 12.1 Å². The third-order valence-corrected chi connectivity index (χ3v) is 3.25. The fourth-order valence-electron chi connectivity index (χ4n) is 2.14. The molecule has 2 rings (SSSR count). The summed E-state index contributed by atoms with van der Waals surface area (Å²) in [6, 6.07) is 6.18. The molecule has 0 bridgehead atoms. The molecule has 0 amide bonds. The lowest BCUT2D eigenvalue weighted by molar-refractivity contribution is -0.141. The summed E-state index contributed by atoms with van der Waals surface area (Å²) in [6.07, 6.45) is 2.72. The maximum absolute atomic E-state index is 10.7. The smallest absolute Gasteiger partial charge is 0.306 e. The minimum Gasteiger partial charge on any atom is -0.490 e. The molecular formula is C14H18O3. The van der Waals surface area contributed by atoms with Crippen molar-refractivity contribution in [2.75, 3.05) is 0 Å². The van der Waals surface area contributed by atoms with Crippen molar-refractivity contribution >= 4 is 5.97 Å². The van der Waals surface area contributed by atoms with Gasteiger partial charge in [-0.05, 0) is 37.0 Å². The predicted octanol–water partition coefficient (Wildman–Crippen LogP) is 2.66. The largest absolute Gasteiger partial charge is 0.490 e. The molecule has 1 N–H and O–H groups in total. The third-order valence-electron chi connectivity index (χ3n) is 3.25. The van der Waals surface area contributed by atoms with Crippen molar-refractivity contribution in [1.82, 2.24) is 0 Å². The maximum atomic E-state index is 10.7. The number of aliphatic carboxylic acids is 1. The fraction of sp³-hybridized carbons (Fsp3) is 0.500. The molecular weight excluding hydrogens is 216 g/mol. The van der Waals surface area contributed by atoms with Crippen molar-refractivity contribution in [3.63, 3.8) is 0 Å². The Labute approximate surface area is 101 Å². The molecule has 1 aromatic rings. The first-order chi connectivity index (χ1) is 8.06. The third kappa shape index (κ3) is 2.78. The lowest BCUT2D eigenvalue weighted by atomic mass is 9.99. The van der Waals surface area contributed by atoms with Crippen LogP contribution in [0, 0.1) is 5.92 Å². The summed E-state index contributed by atoms with van der Waals surface area (Å²) in [5, 5.41) is 8.83. The van der Waals surface area contributed by atoms with Gasteiger partial charge in [-0.2, -0.15) is 0 Å². The standard InChI is InChI=1S/C14H18O3/c1-9(14(15)16)3-4-11-5-6-13-12(8-11)7-10(2)17-13/h5-6,8-10H,3-4,7H2,1-2H3,(H,15,16). The van der Waals surface area contributed by atoms with E-state index in [0.717, 1.165) is 18.6 Å². The van der Waals surface area contributed by atoms with Crippen LogP contribution in [0.25, 0.3) is 0 Å². The molecule has 2 unspecified atom stereocenters.